The van der Waals surface area contributed by atoms with E-state index in [-0.39, 0.29) is 0 Å². The van der Waals surface area contributed by atoms with Crippen LogP contribution >= 0.6 is 11.6 Å². The molecule has 0 aliphatic heterocycles. The average molecular weight is 456 g/mol. The van der Waals surface area contributed by atoms with Crippen LogP contribution in [0.15, 0.2) is 73.1 Å². The monoisotopic (exact) mass is 455 g/mol. The Morgan fingerprint density at radius 3 is 2.64 bits per heavy atom. The van der Waals surface area contributed by atoms with Gasteiger partial charge in [0.1, 0.15) is 29.7 Å². The van der Waals surface area contributed by atoms with E-state index in [9.17, 15) is 5.11 Å². The normalized spacial score (nSPS) is 14.1. The Morgan fingerprint density at radius 1 is 1.03 bits per heavy atom. The van der Waals surface area contributed by atoms with Gasteiger partial charge in [0.15, 0.2) is 0 Å². The number of rotatable bonds is 5. The zero-order valence-electron chi connectivity index (χ0n) is 17.8. The molecular weight excluding hydrogens is 434 g/mol. The van der Waals surface area contributed by atoms with Gasteiger partial charge in [0.05, 0.1) is 10.5 Å². The van der Waals surface area contributed by atoms with Crippen LogP contribution in [0.2, 0.25) is 5.02 Å². The van der Waals surface area contributed by atoms with E-state index in [1.54, 1.807) is 6.07 Å². The summed E-state index contributed by atoms with van der Waals surface area (Å²) in [5.74, 6) is 8.32. The summed E-state index contributed by atoms with van der Waals surface area (Å²) in [5.41, 5.74) is 2.38. The van der Waals surface area contributed by atoms with Gasteiger partial charge in [0.25, 0.3) is 0 Å². The molecule has 1 heterocycles. The standard InChI is InChI=1S/C27H22ClN3O2/c28-23-16-20(11-14-26(23)33-21-7-2-1-3-8-21)31-27-22-15-18(9-12-24(22)29-17-30-27)10-13-25(32)19-5-4-6-19/h1-3,7-9,11-12,14-17,19,25,32H,4-6H2,(H,29,30,31). The number of ether oxygens (including phenoxy) is 1. The lowest BCUT2D eigenvalue weighted by Crippen LogP contribution is -2.25. The highest BCUT2D eigenvalue weighted by Crippen LogP contribution is 2.33. The Hall–Kier alpha value is -3.59. The second-order valence-electron chi connectivity index (χ2n) is 8.04. The van der Waals surface area contributed by atoms with Crippen LogP contribution in [0.25, 0.3) is 10.9 Å². The van der Waals surface area contributed by atoms with Crippen LogP contribution in [-0.4, -0.2) is 21.2 Å². The van der Waals surface area contributed by atoms with Gasteiger partial charge in [0.2, 0.25) is 0 Å². The van der Waals surface area contributed by atoms with Gasteiger partial charge in [-0.2, -0.15) is 0 Å². The van der Waals surface area contributed by atoms with Crippen LogP contribution < -0.4 is 10.1 Å². The smallest absolute Gasteiger partial charge is 0.146 e. The molecule has 3 aromatic carbocycles. The number of hydrogen-bond donors (Lipinski definition) is 2. The van der Waals surface area contributed by atoms with E-state index in [1.807, 2.05) is 60.7 Å². The van der Waals surface area contributed by atoms with Crippen molar-refractivity contribution in [3.63, 3.8) is 0 Å². The number of hydrogen-bond acceptors (Lipinski definition) is 5. The maximum absolute atomic E-state index is 10.2. The third-order valence-electron chi connectivity index (χ3n) is 5.76. The van der Waals surface area contributed by atoms with Crippen LogP contribution in [0.5, 0.6) is 11.5 Å². The number of aliphatic hydroxyl groups is 1. The fourth-order valence-corrected chi connectivity index (χ4v) is 3.90. The molecule has 6 heteroatoms. The number of nitrogens with zero attached hydrogens (tertiary/aromatic N) is 2. The minimum absolute atomic E-state index is 0.303. The summed E-state index contributed by atoms with van der Waals surface area (Å²) >= 11 is 6.46. The van der Waals surface area contributed by atoms with Crippen molar-refractivity contribution in [3.8, 4) is 23.3 Å². The largest absolute Gasteiger partial charge is 0.456 e. The van der Waals surface area contributed by atoms with Crippen molar-refractivity contribution in [2.24, 2.45) is 5.92 Å². The van der Waals surface area contributed by atoms with Crippen LogP contribution in [0.4, 0.5) is 11.5 Å². The Kier molecular flexibility index (Phi) is 6.12. The number of aromatic nitrogens is 2. The first-order chi connectivity index (χ1) is 16.2. The van der Waals surface area contributed by atoms with Crippen molar-refractivity contribution < 1.29 is 9.84 Å². The summed E-state index contributed by atoms with van der Waals surface area (Å²) in [4.78, 5) is 8.77. The molecular formula is C27H22ClN3O2. The SMILES string of the molecule is OC(C#Cc1ccc2ncnc(Nc3ccc(Oc4ccccc4)c(Cl)c3)c2c1)C1CCC1. The summed E-state index contributed by atoms with van der Waals surface area (Å²) in [6, 6.07) is 20.8. The molecule has 5 nitrogen and oxygen atoms in total. The number of halogens is 1. The highest BCUT2D eigenvalue weighted by molar-refractivity contribution is 6.32. The molecule has 2 N–H and O–H groups in total. The van der Waals surface area contributed by atoms with Crippen LogP contribution in [0, 0.1) is 17.8 Å². The van der Waals surface area contributed by atoms with E-state index < -0.39 is 6.10 Å². The van der Waals surface area contributed by atoms with Crippen molar-refractivity contribution in [2.75, 3.05) is 5.32 Å². The third kappa shape index (κ3) is 4.93. The maximum Gasteiger partial charge on any atom is 0.146 e. The van der Waals surface area contributed by atoms with Gasteiger partial charge in [-0.15, -0.1) is 0 Å². The highest BCUT2D eigenvalue weighted by atomic mass is 35.5. The molecule has 0 bridgehead atoms. The molecule has 1 saturated carbocycles. The quantitative estimate of drug-likeness (QED) is 0.344. The summed E-state index contributed by atoms with van der Waals surface area (Å²) in [6.45, 7) is 0. The lowest BCUT2D eigenvalue weighted by atomic mass is 9.81. The average Bonchev–Trinajstić information content (AvgIpc) is 2.79. The van der Waals surface area contributed by atoms with Crippen molar-refractivity contribution in [2.45, 2.75) is 25.4 Å². The predicted octanol–water partition coefficient (Wildman–Crippen LogP) is 6.33. The summed E-state index contributed by atoms with van der Waals surface area (Å²) < 4.78 is 5.85. The van der Waals surface area contributed by atoms with Crippen LogP contribution in [0.1, 0.15) is 24.8 Å². The van der Waals surface area contributed by atoms with E-state index in [0.717, 1.165) is 40.7 Å². The molecule has 1 aliphatic carbocycles. The summed E-state index contributed by atoms with van der Waals surface area (Å²) in [6.07, 6.45) is 4.22. The lowest BCUT2D eigenvalue weighted by Gasteiger charge is -2.26. The zero-order chi connectivity index (χ0) is 22.6. The summed E-state index contributed by atoms with van der Waals surface area (Å²) in [5, 5.41) is 14.8. The van der Waals surface area contributed by atoms with E-state index in [1.165, 1.54) is 12.7 Å². The van der Waals surface area contributed by atoms with Crippen molar-refractivity contribution in [3.05, 3.63) is 83.6 Å². The molecule has 0 amide bonds. The van der Waals surface area contributed by atoms with Gasteiger partial charge in [-0.05, 0) is 67.3 Å². The molecule has 0 radical (unpaired) electrons. The molecule has 1 fully saturated rings. The van der Waals surface area contributed by atoms with Crippen molar-refractivity contribution in [1.29, 1.82) is 0 Å². The first kappa shape index (κ1) is 21.3. The van der Waals surface area contributed by atoms with Gasteiger partial charge in [-0.25, -0.2) is 9.97 Å². The second kappa shape index (κ2) is 9.50. The topological polar surface area (TPSA) is 67.3 Å². The molecule has 164 valence electrons. The third-order valence-corrected chi connectivity index (χ3v) is 6.06. The van der Waals surface area contributed by atoms with Crippen molar-refractivity contribution >= 4 is 34.0 Å². The van der Waals surface area contributed by atoms with Gasteiger partial charge in [-0.3, -0.25) is 0 Å². The zero-order valence-corrected chi connectivity index (χ0v) is 18.6. The van der Waals surface area contributed by atoms with Crippen LogP contribution in [-0.2, 0) is 0 Å². The number of anilines is 2. The van der Waals surface area contributed by atoms with Gasteiger partial charge in [-0.1, -0.05) is 48.1 Å². The van der Waals surface area contributed by atoms with E-state index in [0.29, 0.717) is 22.5 Å². The Labute approximate surface area is 197 Å². The predicted molar refractivity (Wildman–Crippen MR) is 131 cm³/mol. The van der Waals surface area contributed by atoms with Crippen LogP contribution in [0.3, 0.4) is 0 Å². The maximum atomic E-state index is 10.2. The second-order valence-corrected chi connectivity index (χ2v) is 8.45. The highest BCUT2D eigenvalue weighted by Gasteiger charge is 2.23. The minimum atomic E-state index is -0.571. The molecule has 1 aliphatic rings. The van der Waals surface area contributed by atoms with Gasteiger partial charge < -0.3 is 15.2 Å². The number of nitrogens with one attached hydrogen (secondary N) is 1. The Balaban J connectivity index is 1.38. The van der Waals surface area contributed by atoms with Crippen molar-refractivity contribution in [1.82, 2.24) is 9.97 Å². The molecule has 1 unspecified atom stereocenters. The number of para-hydroxylation sites is 1. The molecule has 33 heavy (non-hydrogen) atoms. The number of fused-ring (bicyclic) bond motifs is 1. The molecule has 1 atom stereocenters. The Morgan fingerprint density at radius 2 is 1.88 bits per heavy atom. The van der Waals surface area contributed by atoms with E-state index in [4.69, 9.17) is 16.3 Å². The molecule has 0 saturated heterocycles. The molecule has 5 rings (SSSR count). The fraction of sp³-hybridized carbons (Fsp3) is 0.185. The van der Waals surface area contributed by atoms with E-state index >= 15 is 0 Å². The molecule has 0 spiro atoms. The minimum Gasteiger partial charge on any atom is -0.456 e. The molecule has 1 aromatic heterocycles. The fourth-order valence-electron chi connectivity index (χ4n) is 3.68. The Bertz CT molecular complexity index is 1340. The number of benzene rings is 3. The molecule has 4 aromatic rings. The summed E-state index contributed by atoms with van der Waals surface area (Å²) in [7, 11) is 0. The lowest BCUT2D eigenvalue weighted by molar-refractivity contribution is 0.108. The van der Waals surface area contributed by atoms with Gasteiger partial charge >= 0.3 is 0 Å². The van der Waals surface area contributed by atoms with Gasteiger partial charge in [0, 0.05) is 16.6 Å². The first-order valence-electron chi connectivity index (χ1n) is 10.9. The first-order valence-corrected chi connectivity index (χ1v) is 11.3. The van der Waals surface area contributed by atoms with E-state index in [2.05, 4.69) is 27.1 Å². The number of aliphatic hydroxyl groups excluding tert-OH is 1.